The second kappa shape index (κ2) is 8.52. The van der Waals surface area contributed by atoms with Crippen LogP contribution in [0.25, 0.3) is 0 Å². The Balaban J connectivity index is 1.83. The quantitative estimate of drug-likeness (QED) is 0.733. The standard InChI is InChI=1S/C24H27NO4/c1-17-10-8-9-13-19(17)16-28-21-15-22(26)25(23(27)29-24(2,3)4)20(21)14-18-11-6-5-7-12-18/h5-13,15,20H,14,16H2,1-4H3. The predicted molar refractivity (Wildman–Crippen MR) is 111 cm³/mol. The third-order valence-electron chi connectivity index (χ3n) is 4.66. The van der Waals surface area contributed by atoms with E-state index in [2.05, 4.69) is 0 Å². The molecule has 2 amide bonds. The fourth-order valence-corrected chi connectivity index (χ4v) is 3.20. The molecule has 1 heterocycles. The number of hydrogen-bond donors (Lipinski definition) is 0. The first kappa shape index (κ1) is 20.6. The van der Waals surface area contributed by atoms with E-state index in [4.69, 9.17) is 9.47 Å². The lowest BCUT2D eigenvalue weighted by Gasteiger charge is -2.28. The number of carbonyl (C=O) groups excluding carboxylic acids is 2. The summed E-state index contributed by atoms with van der Waals surface area (Å²) in [5.74, 6) is 0.0629. The molecule has 1 atom stereocenters. The third kappa shape index (κ3) is 5.25. The van der Waals surface area contributed by atoms with E-state index in [9.17, 15) is 9.59 Å². The number of rotatable bonds is 5. The van der Waals surface area contributed by atoms with Gasteiger partial charge in [-0.15, -0.1) is 0 Å². The molecule has 2 aromatic carbocycles. The largest absolute Gasteiger partial charge is 0.491 e. The maximum atomic E-state index is 12.7. The van der Waals surface area contributed by atoms with Crippen molar-refractivity contribution in [1.82, 2.24) is 4.90 Å². The summed E-state index contributed by atoms with van der Waals surface area (Å²) < 4.78 is 11.5. The van der Waals surface area contributed by atoms with Gasteiger partial charge in [-0.25, -0.2) is 9.69 Å². The number of nitrogens with zero attached hydrogens (tertiary/aromatic N) is 1. The van der Waals surface area contributed by atoms with Crippen LogP contribution in [0.4, 0.5) is 4.79 Å². The van der Waals surface area contributed by atoms with Crippen molar-refractivity contribution in [2.45, 2.75) is 52.4 Å². The summed E-state index contributed by atoms with van der Waals surface area (Å²) in [6.07, 6.45) is 1.20. The highest BCUT2D eigenvalue weighted by atomic mass is 16.6. The van der Waals surface area contributed by atoms with Gasteiger partial charge in [0.25, 0.3) is 5.91 Å². The fraction of sp³-hybridized carbons (Fsp3) is 0.333. The summed E-state index contributed by atoms with van der Waals surface area (Å²) >= 11 is 0. The van der Waals surface area contributed by atoms with Crippen molar-refractivity contribution in [3.8, 4) is 0 Å². The van der Waals surface area contributed by atoms with Gasteiger partial charge >= 0.3 is 6.09 Å². The Morgan fingerprint density at radius 3 is 2.34 bits per heavy atom. The molecule has 0 radical (unpaired) electrons. The van der Waals surface area contributed by atoms with E-state index in [0.717, 1.165) is 21.6 Å². The van der Waals surface area contributed by atoms with Crippen LogP contribution in [-0.4, -0.2) is 28.5 Å². The highest BCUT2D eigenvalue weighted by Crippen LogP contribution is 2.27. The van der Waals surface area contributed by atoms with Gasteiger partial charge in [-0.05, 0) is 44.4 Å². The van der Waals surface area contributed by atoms with Crippen molar-refractivity contribution >= 4 is 12.0 Å². The third-order valence-corrected chi connectivity index (χ3v) is 4.66. The van der Waals surface area contributed by atoms with Gasteiger partial charge in [0, 0.05) is 12.5 Å². The summed E-state index contributed by atoms with van der Waals surface area (Å²) in [6, 6.07) is 17.1. The molecule has 2 aromatic rings. The Morgan fingerprint density at radius 2 is 1.69 bits per heavy atom. The van der Waals surface area contributed by atoms with Crippen molar-refractivity contribution < 1.29 is 19.1 Å². The van der Waals surface area contributed by atoms with E-state index in [1.165, 1.54) is 6.08 Å². The summed E-state index contributed by atoms with van der Waals surface area (Å²) in [5.41, 5.74) is 2.46. The highest BCUT2D eigenvalue weighted by molar-refractivity contribution is 6.02. The Hall–Kier alpha value is -3.08. The maximum absolute atomic E-state index is 12.7. The van der Waals surface area contributed by atoms with Gasteiger partial charge in [0.05, 0.1) is 0 Å². The number of carbonyl (C=O) groups is 2. The van der Waals surface area contributed by atoms with E-state index in [-0.39, 0.29) is 0 Å². The minimum Gasteiger partial charge on any atom is -0.491 e. The van der Waals surface area contributed by atoms with Gasteiger partial charge < -0.3 is 9.47 Å². The lowest BCUT2D eigenvalue weighted by molar-refractivity contribution is -0.125. The molecule has 0 saturated carbocycles. The molecule has 0 aromatic heterocycles. The van der Waals surface area contributed by atoms with Gasteiger partial charge in [0.15, 0.2) is 0 Å². The molecule has 0 aliphatic carbocycles. The van der Waals surface area contributed by atoms with Crippen molar-refractivity contribution in [1.29, 1.82) is 0 Å². The number of aryl methyl sites for hydroxylation is 1. The minimum atomic E-state index is -0.695. The topological polar surface area (TPSA) is 55.8 Å². The Morgan fingerprint density at radius 1 is 1.03 bits per heavy atom. The molecule has 0 saturated heterocycles. The maximum Gasteiger partial charge on any atom is 0.418 e. The molecular weight excluding hydrogens is 366 g/mol. The van der Waals surface area contributed by atoms with Crippen molar-refractivity contribution in [2.75, 3.05) is 0 Å². The molecule has 152 valence electrons. The van der Waals surface area contributed by atoms with E-state index in [1.807, 2.05) is 61.5 Å². The van der Waals surface area contributed by atoms with Crippen LogP contribution < -0.4 is 0 Å². The molecule has 1 aliphatic heterocycles. The summed E-state index contributed by atoms with van der Waals surface area (Å²) in [5, 5.41) is 0. The second-order valence-corrected chi connectivity index (χ2v) is 8.16. The van der Waals surface area contributed by atoms with E-state index >= 15 is 0 Å². The Bertz CT molecular complexity index is 912. The SMILES string of the molecule is Cc1ccccc1COC1=CC(=O)N(C(=O)OC(C)(C)C)C1Cc1ccccc1. The molecule has 0 spiro atoms. The number of amides is 2. The van der Waals surface area contributed by atoms with Crippen LogP contribution in [0.2, 0.25) is 0 Å². The average molecular weight is 393 g/mol. The monoisotopic (exact) mass is 393 g/mol. The molecule has 0 bridgehead atoms. The smallest absolute Gasteiger partial charge is 0.418 e. The zero-order chi connectivity index (χ0) is 21.0. The van der Waals surface area contributed by atoms with Crippen molar-refractivity contribution in [3.63, 3.8) is 0 Å². The zero-order valence-corrected chi connectivity index (χ0v) is 17.3. The molecule has 29 heavy (non-hydrogen) atoms. The molecule has 5 heteroatoms. The highest BCUT2D eigenvalue weighted by Gasteiger charge is 2.41. The fourth-order valence-electron chi connectivity index (χ4n) is 3.20. The molecule has 1 aliphatic rings. The first-order valence-electron chi connectivity index (χ1n) is 9.73. The summed E-state index contributed by atoms with van der Waals surface area (Å²) in [4.78, 5) is 26.6. The van der Waals surface area contributed by atoms with Gasteiger partial charge in [0.2, 0.25) is 0 Å². The van der Waals surface area contributed by atoms with Crippen LogP contribution in [0, 0.1) is 6.92 Å². The van der Waals surface area contributed by atoms with E-state index in [0.29, 0.717) is 18.8 Å². The number of hydrogen-bond acceptors (Lipinski definition) is 4. The lowest BCUT2D eigenvalue weighted by Crippen LogP contribution is -2.44. The Kier molecular flexibility index (Phi) is 6.06. The van der Waals surface area contributed by atoms with Gasteiger partial charge in [0.1, 0.15) is 24.0 Å². The lowest BCUT2D eigenvalue weighted by atomic mass is 10.0. The first-order chi connectivity index (χ1) is 13.7. The van der Waals surface area contributed by atoms with Gasteiger partial charge in [-0.1, -0.05) is 54.6 Å². The Labute approximate surface area is 171 Å². The van der Waals surface area contributed by atoms with Crippen molar-refractivity contribution in [2.24, 2.45) is 0 Å². The molecule has 3 rings (SSSR count). The van der Waals surface area contributed by atoms with Crippen LogP contribution in [0.1, 0.15) is 37.5 Å². The minimum absolute atomic E-state index is 0.333. The van der Waals surface area contributed by atoms with Crippen LogP contribution in [0.5, 0.6) is 0 Å². The number of benzene rings is 2. The number of imide groups is 1. The second-order valence-electron chi connectivity index (χ2n) is 8.16. The summed E-state index contributed by atoms with van der Waals surface area (Å²) in [7, 11) is 0. The number of ether oxygens (including phenoxy) is 2. The molecule has 1 unspecified atom stereocenters. The van der Waals surface area contributed by atoms with Crippen LogP contribution >= 0.6 is 0 Å². The predicted octanol–water partition coefficient (Wildman–Crippen LogP) is 4.78. The van der Waals surface area contributed by atoms with Crippen LogP contribution in [0.3, 0.4) is 0 Å². The molecular formula is C24H27NO4. The zero-order valence-electron chi connectivity index (χ0n) is 17.3. The first-order valence-corrected chi connectivity index (χ1v) is 9.73. The molecule has 0 N–H and O–H groups in total. The van der Waals surface area contributed by atoms with Gasteiger partial charge in [-0.3, -0.25) is 4.79 Å². The van der Waals surface area contributed by atoms with Crippen LogP contribution in [0.15, 0.2) is 66.4 Å². The molecule has 5 nitrogen and oxygen atoms in total. The normalized spacial score (nSPS) is 16.6. The average Bonchev–Trinajstić information content (AvgIpc) is 2.96. The van der Waals surface area contributed by atoms with Crippen molar-refractivity contribution in [3.05, 3.63) is 83.1 Å². The van der Waals surface area contributed by atoms with E-state index in [1.54, 1.807) is 20.8 Å². The van der Waals surface area contributed by atoms with E-state index < -0.39 is 23.6 Å². The molecule has 0 fully saturated rings. The van der Waals surface area contributed by atoms with Gasteiger partial charge in [-0.2, -0.15) is 0 Å². The van der Waals surface area contributed by atoms with Crippen LogP contribution in [-0.2, 0) is 27.3 Å². The summed E-state index contributed by atoms with van der Waals surface area (Å²) in [6.45, 7) is 7.68.